The van der Waals surface area contributed by atoms with Gasteiger partial charge in [0, 0.05) is 12.7 Å². The molecule has 5 nitrogen and oxygen atoms in total. The summed E-state index contributed by atoms with van der Waals surface area (Å²) in [5, 5.41) is 4.24. The fourth-order valence-corrected chi connectivity index (χ4v) is 1.89. The van der Waals surface area contributed by atoms with Crippen molar-refractivity contribution >= 4 is 0 Å². The fraction of sp³-hybridized carbons (Fsp3) is 0.417. The minimum Gasteiger partial charge on any atom is -0.467 e. The Balaban J connectivity index is 2.12. The molecule has 2 heterocycles. The topological polar surface area (TPSA) is 69.0 Å². The molecular formula is C12H18N4O. The molecule has 0 spiro atoms. The second kappa shape index (κ2) is 5.16. The zero-order chi connectivity index (χ0) is 12.3. The maximum absolute atomic E-state index is 5.58. The van der Waals surface area contributed by atoms with Gasteiger partial charge < -0.3 is 4.42 Å². The molecule has 5 heteroatoms. The Bertz CT molecular complexity index is 474. The number of nitrogens with one attached hydrogen (secondary N) is 1. The number of aryl methyl sites for hydroxylation is 2. The molecule has 0 radical (unpaired) electrons. The van der Waals surface area contributed by atoms with Crippen molar-refractivity contribution in [3.05, 3.63) is 41.6 Å². The first-order valence-electron chi connectivity index (χ1n) is 5.76. The largest absolute Gasteiger partial charge is 0.467 e. The van der Waals surface area contributed by atoms with E-state index in [9.17, 15) is 0 Å². The van der Waals surface area contributed by atoms with Gasteiger partial charge in [-0.15, -0.1) is 0 Å². The lowest BCUT2D eigenvalue weighted by Gasteiger charge is -2.13. The van der Waals surface area contributed by atoms with Gasteiger partial charge in [-0.25, -0.2) is 5.43 Å². The summed E-state index contributed by atoms with van der Waals surface area (Å²) in [5.41, 5.74) is 5.04. The van der Waals surface area contributed by atoms with Gasteiger partial charge in [0.2, 0.25) is 0 Å². The van der Waals surface area contributed by atoms with E-state index in [0.29, 0.717) is 0 Å². The normalized spacial score (nSPS) is 12.9. The third-order valence-electron chi connectivity index (χ3n) is 2.87. The Morgan fingerprint density at radius 2 is 2.41 bits per heavy atom. The SMILES string of the molecule is CCn1cc(CC(NN)c2occc2C)cn1. The van der Waals surface area contributed by atoms with E-state index in [1.807, 2.05) is 30.1 Å². The van der Waals surface area contributed by atoms with E-state index in [4.69, 9.17) is 10.3 Å². The molecule has 92 valence electrons. The molecule has 17 heavy (non-hydrogen) atoms. The Morgan fingerprint density at radius 3 is 2.94 bits per heavy atom. The Kier molecular flexibility index (Phi) is 3.61. The second-order valence-corrected chi connectivity index (χ2v) is 4.10. The van der Waals surface area contributed by atoms with Crippen LogP contribution in [-0.4, -0.2) is 9.78 Å². The molecule has 0 saturated heterocycles. The van der Waals surface area contributed by atoms with Crippen LogP contribution < -0.4 is 11.3 Å². The minimum absolute atomic E-state index is 0.0143. The number of hydrogen-bond acceptors (Lipinski definition) is 4. The molecule has 0 bridgehead atoms. The summed E-state index contributed by atoms with van der Waals surface area (Å²) >= 11 is 0. The second-order valence-electron chi connectivity index (χ2n) is 4.10. The van der Waals surface area contributed by atoms with Crippen LogP contribution >= 0.6 is 0 Å². The van der Waals surface area contributed by atoms with E-state index >= 15 is 0 Å². The summed E-state index contributed by atoms with van der Waals surface area (Å²) in [7, 11) is 0. The number of hydrazine groups is 1. The van der Waals surface area contributed by atoms with Crippen molar-refractivity contribution in [3.8, 4) is 0 Å². The number of rotatable bonds is 5. The lowest BCUT2D eigenvalue weighted by Crippen LogP contribution is -2.29. The lowest BCUT2D eigenvalue weighted by molar-refractivity contribution is 0.413. The van der Waals surface area contributed by atoms with Crippen LogP contribution in [0.3, 0.4) is 0 Å². The average Bonchev–Trinajstić information content (AvgIpc) is 2.95. The Labute approximate surface area is 101 Å². The standard InChI is InChI=1S/C12H18N4O/c1-3-16-8-10(7-14-16)6-11(15-13)12-9(2)4-5-17-12/h4-5,7-8,11,15H,3,6,13H2,1-2H3. The minimum atomic E-state index is -0.0143. The lowest BCUT2D eigenvalue weighted by atomic mass is 10.1. The molecule has 0 amide bonds. The number of nitrogens with two attached hydrogens (primary N) is 1. The van der Waals surface area contributed by atoms with Crippen molar-refractivity contribution in [2.45, 2.75) is 32.9 Å². The third kappa shape index (κ3) is 2.57. The summed E-state index contributed by atoms with van der Waals surface area (Å²) in [4.78, 5) is 0. The summed E-state index contributed by atoms with van der Waals surface area (Å²) in [6.07, 6.45) is 6.35. The van der Waals surface area contributed by atoms with Crippen LogP contribution in [-0.2, 0) is 13.0 Å². The third-order valence-corrected chi connectivity index (χ3v) is 2.87. The van der Waals surface area contributed by atoms with Crippen molar-refractivity contribution < 1.29 is 4.42 Å². The van der Waals surface area contributed by atoms with Crippen LogP contribution in [0.2, 0.25) is 0 Å². The predicted molar refractivity (Wildman–Crippen MR) is 65.1 cm³/mol. The van der Waals surface area contributed by atoms with Gasteiger partial charge in [-0.3, -0.25) is 10.5 Å². The predicted octanol–water partition coefficient (Wildman–Crippen LogP) is 1.55. The van der Waals surface area contributed by atoms with Gasteiger partial charge >= 0.3 is 0 Å². The van der Waals surface area contributed by atoms with Crippen molar-refractivity contribution in [3.63, 3.8) is 0 Å². The Morgan fingerprint density at radius 1 is 1.59 bits per heavy atom. The number of hydrogen-bond donors (Lipinski definition) is 2. The molecule has 0 aliphatic carbocycles. The molecule has 0 aliphatic rings. The monoisotopic (exact) mass is 234 g/mol. The summed E-state index contributed by atoms with van der Waals surface area (Å²) in [5.74, 6) is 6.47. The van der Waals surface area contributed by atoms with Crippen LogP contribution in [0.5, 0.6) is 0 Å². The number of nitrogens with zero attached hydrogens (tertiary/aromatic N) is 2. The summed E-state index contributed by atoms with van der Waals surface area (Å²) in [6.45, 7) is 4.95. The first-order chi connectivity index (χ1) is 8.24. The van der Waals surface area contributed by atoms with Gasteiger partial charge in [0.1, 0.15) is 5.76 Å². The van der Waals surface area contributed by atoms with Gasteiger partial charge in [0.05, 0.1) is 18.5 Å². The molecule has 0 saturated carbocycles. The van der Waals surface area contributed by atoms with Crippen LogP contribution in [0.25, 0.3) is 0 Å². The van der Waals surface area contributed by atoms with Crippen molar-refractivity contribution in [1.29, 1.82) is 0 Å². The molecular weight excluding hydrogens is 216 g/mol. The van der Waals surface area contributed by atoms with E-state index in [0.717, 1.165) is 29.9 Å². The fourth-order valence-electron chi connectivity index (χ4n) is 1.89. The molecule has 2 aromatic rings. The molecule has 1 atom stereocenters. The van der Waals surface area contributed by atoms with Gasteiger partial charge in [-0.05, 0) is 37.5 Å². The van der Waals surface area contributed by atoms with E-state index in [-0.39, 0.29) is 6.04 Å². The first-order valence-corrected chi connectivity index (χ1v) is 5.76. The highest BCUT2D eigenvalue weighted by Gasteiger charge is 2.16. The van der Waals surface area contributed by atoms with Gasteiger partial charge in [-0.1, -0.05) is 0 Å². The smallest absolute Gasteiger partial charge is 0.125 e. The maximum atomic E-state index is 5.58. The van der Waals surface area contributed by atoms with Crippen LogP contribution in [0.1, 0.15) is 29.9 Å². The molecule has 2 aromatic heterocycles. The van der Waals surface area contributed by atoms with Crippen molar-refractivity contribution in [2.75, 3.05) is 0 Å². The zero-order valence-electron chi connectivity index (χ0n) is 10.2. The quantitative estimate of drug-likeness (QED) is 0.608. The van der Waals surface area contributed by atoms with Gasteiger partial charge in [-0.2, -0.15) is 5.10 Å². The van der Waals surface area contributed by atoms with E-state index < -0.39 is 0 Å². The summed E-state index contributed by atoms with van der Waals surface area (Å²) < 4.78 is 7.35. The summed E-state index contributed by atoms with van der Waals surface area (Å²) in [6, 6.07) is 1.93. The number of aromatic nitrogens is 2. The highest BCUT2D eigenvalue weighted by molar-refractivity contribution is 5.20. The molecule has 0 aromatic carbocycles. The molecule has 3 N–H and O–H groups in total. The average molecular weight is 234 g/mol. The van der Waals surface area contributed by atoms with Crippen molar-refractivity contribution in [1.82, 2.24) is 15.2 Å². The molecule has 2 rings (SSSR count). The van der Waals surface area contributed by atoms with Crippen LogP contribution in [0.15, 0.2) is 29.1 Å². The maximum Gasteiger partial charge on any atom is 0.125 e. The van der Waals surface area contributed by atoms with Gasteiger partial charge in [0.25, 0.3) is 0 Å². The Hall–Kier alpha value is -1.59. The van der Waals surface area contributed by atoms with E-state index in [2.05, 4.69) is 17.4 Å². The molecule has 0 aliphatic heterocycles. The van der Waals surface area contributed by atoms with Crippen LogP contribution in [0.4, 0.5) is 0 Å². The molecule has 0 fully saturated rings. The highest BCUT2D eigenvalue weighted by atomic mass is 16.3. The van der Waals surface area contributed by atoms with Crippen molar-refractivity contribution in [2.24, 2.45) is 5.84 Å². The molecule has 1 unspecified atom stereocenters. The zero-order valence-corrected chi connectivity index (χ0v) is 10.2. The number of furan rings is 1. The van der Waals surface area contributed by atoms with Crippen LogP contribution in [0, 0.1) is 6.92 Å². The first kappa shape index (κ1) is 11.9. The van der Waals surface area contributed by atoms with E-state index in [1.165, 1.54) is 0 Å². The van der Waals surface area contributed by atoms with Gasteiger partial charge in [0.15, 0.2) is 0 Å². The van der Waals surface area contributed by atoms with E-state index in [1.54, 1.807) is 6.26 Å². The highest BCUT2D eigenvalue weighted by Crippen LogP contribution is 2.21.